The highest BCUT2D eigenvalue weighted by Gasteiger charge is 2.44. The Bertz CT molecular complexity index is 280. The Kier molecular flexibility index (Phi) is 5.99. The predicted molar refractivity (Wildman–Crippen MR) is 60.4 cm³/mol. The molecule has 9 heteroatoms. The summed E-state index contributed by atoms with van der Waals surface area (Å²) < 4.78 is 10.5. The number of aliphatic hydroxyl groups excluding tert-OH is 4. The van der Waals surface area contributed by atoms with Crippen LogP contribution in [0.3, 0.4) is 0 Å². The Hall–Kier alpha value is -0.705. The molecule has 18 heavy (non-hydrogen) atoms. The number of carbonyl (C=O) groups is 1. The molecular formula is C9H18BNO7. The molecule has 1 aliphatic heterocycles. The van der Waals surface area contributed by atoms with Crippen molar-refractivity contribution in [3.63, 3.8) is 0 Å². The molecule has 104 valence electrons. The maximum absolute atomic E-state index is 10.7. The molecule has 8 nitrogen and oxygen atoms in total. The van der Waals surface area contributed by atoms with Crippen LogP contribution in [0.4, 0.5) is 0 Å². The van der Waals surface area contributed by atoms with E-state index in [-0.39, 0.29) is 12.4 Å². The van der Waals surface area contributed by atoms with Gasteiger partial charge in [-0.3, -0.25) is 4.79 Å². The van der Waals surface area contributed by atoms with E-state index in [1.807, 2.05) is 0 Å². The standard InChI is InChI=1S/C9H18BNO7/c1-5(14)11-4-10-17-7(3-13)9(18-10)8(16)6(15)2-12/h6-9,12-13,15-16H,2-4H2,1H3,(H,11,14). The highest BCUT2D eigenvalue weighted by molar-refractivity contribution is 6.45. The van der Waals surface area contributed by atoms with Gasteiger partial charge in [-0.25, -0.2) is 0 Å². The van der Waals surface area contributed by atoms with E-state index in [4.69, 9.17) is 19.5 Å². The Balaban J connectivity index is 2.54. The van der Waals surface area contributed by atoms with Crippen LogP contribution in [0, 0.1) is 0 Å². The minimum Gasteiger partial charge on any atom is -0.402 e. The van der Waals surface area contributed by atoms with Crippen molar-refractivity contribution in [3.05, 3.63) is 0 Å². The topological polar surface area (TPSA) is 128 Å². The van der Waals surface area contributed by atoms with Gasteiger partial charge in [0.05, 0.1) is 31.9 Å². The summed E-state index contributed by atoms with van der Waals surface area (Å²) in [5.74, 6) is -0.262. The second-order valence-electron chi connectivity index (χ2n) is 4.06. The Labute approximate surface area is 105 Å². The molecule has 1 fully saturated rings. The lowest BCUT2D eigenvalue weighted by Gasteiger charge is -2.25. The van der Waals surface area contributed by atoms with E-state index in [0.29, 0.717) is 0 Å². The average Bonchev–Trinajstić information content (AvgIpc) is 2.77. The van der Waals surface area contributed by atoms with E-state index in [2.05, 4.69) is 5.32 Å². The number of rotatable bonds is 6. The van der Waals surface area contributed by atoms with Crippen LogP contribution in [0.25, 0.3) is 0 Å². The molecule has 5 N–H and O–H groups in total. The van der Waals surface area contributed by atoms with Crippen LogP contribution in [-0.4, -0.2) is 77.5 Å². The Morgan fingerprint density at radius 3 is 2.56 bits per heavy atom. The Morgan fingerprint density at radius 1 is 1.39 bits per heavy atom. The van der Waals surface area contributed by atoms with Crippen molar-refractivity contribution in [1.82, 2.24) is 5.32 Å². The summed E-state index contributed by atoms with van der Waals surface area (Å²) in [5, 5.41) is 39.3. The highest BCUT2D eigenvalue weighted by atomic mass is 16.7. The number of hydrogen-bond donors (Lipinski definition) is 5. The number of nitrogens with one attached hydrogen (secondary N) is 1. The first-order valence-electron chi connectivity index (χ1n) is 5.62. The third-order valence-electron chi connectivity index (χ3n) is 2.62. The van der Waals surface area contributed by atoms with Crippen LogP contribution in [0.1, 0.15) is 6.92 Å². The van der Waals surface area contributed by atoms with Crippen LogP contribution in [0.5, 0.6) is 0 Å². The zero-order chi connectivity index (χ0) is 13.7. The van der Waals surface area contributed by atoms with Gasteiger partial charge in [0, 0.05) is 6.92 Å². The molecule has 1 saturated heterocycles. The number of aliphatic hydroxyl groups is 4. The molecule has 4 atom stereocenters. The Morgan fingerprint density at radius 2 is 2.06 bits per heavy atom. The number of hydrogen-bond acceptors (Lipinski definition) is 7. The van der Waals surface area contributed by atoms with Crippen molar-refractivity contribution in [1.29, 1.82) is 0 Å². The minimum absolute atomic E-state index is 0.0737. The van der Waals surface area contributed by atoms with Crippen molar-refractivity contribution in [2.45, 2.75) is 31.3 Å². The molecule has 1 heterocycles. The van der Waals surface area contributed by atoms with Crippen molar-refractivity contribution in [3.8, 4) is 0 Å². The summed E-state index contributed by atoms with van der Waals surface area (Å²) in [6.07, 6.45) is -4.47. The predicted octanol–water partition coefficient (Wildman–Crippen LogP) is -3.36. The van der Waals surface area contributed by atoms with Crippen molar-refractivity contribution < 1.29 is 34.5 Å². The largest absolute Gasteiger partial charge is 0.478 e. The molecule has 0 radical (unpaired) electrons. The fraction of sp³-hybridized carbons (Fsp3) is 0.889. The maximum Gasteiger partial charge on any atom is 0.478 e. The van der Waals surface area contributed by atoms with Gasteiger partial charge in [-0.1, -0.05) is 0 Å². The molecule has 0 aromatic rings. The van der Waals surface area contributed by atoms with Crippen LogP contribution in [-0.2, 0) is 14.1 Å². The molecule has 1 rings (SSSR count). The minimum atomic E-state index is -1.38. The molecule has 0 spiro atoms. The third kappa shape index (κ3) is 3.90. The monoisotopic (exact) mass is 263 g/mol. The van der Waals surface area contributed by atoms with E-state index < -0.39 is 44.7 Å². The van der Waals surface area contributed by atoms with Crippen molar-refractivity contribution >= 4 is 13.0 Å². The zero-order valence-corrected chi connectivity index (χ0v) is 10.0. The lowest BCUT2D eigenvalue weighted by atomic mass is 9.91. The van der Waals surface area contributed by atoms with E-state index >= 15 is 0 Å². The van der Waals surface area contributed by atoms with Gasteiger partial charge in [-0.2, -0.15) is 0 Å². The lowest BCUT2D eigenvalue weighted by Crippen LogP contribution is -2.45. The molecule has 1 aliphatic rings. The first kappa shape index (κ1) is 15.4. The fourth-order valence-corrected chi connectivity index (χ4v) is 1.66. The maximum atomic E-state index is 10.7. The van der Waals surface area contributed by atoms with Crippen LogP contribution in [0.2, 0.25) is 0 Å². The zero-order valence-electron chi connectivity index (χ0n) is 10.0. The molecule has 1 amide bonds. The molecule has 4 unspecified atom stereocenters. The smallest absolute Gasteiger partial charge is 0.402 e. The summed E-state index contributed by atoms with van der Waals surface area (Å²) in [4.78, 5) is 10.7. The molecule has 0 bridgehead atoms. The van der Waals surface area contributed by atoms with Crippen LogP contribution >= 0.6 is 0 Å². The summed E-state index contributed by atoms with van der Waals surface area (Å²) in [7, 11) is -0.809. The number of amides is 1. The van der Waals surface area contributed by atoms with Gasteiger partial charge in [0.15, 0.2) is 0 Å². The van der Waals surface area contributed by atoms with Crippen LogP contribution < -0.4 is 5.32 Å². The SMILES string of the molecule is CC(=O)NCB1OC(CO)C(C(O)C(O)CO)O1. The summed E-state index contributed by atoms with van der Waals surface area (Å²) in [6, 6.07) is 0. The normalized spacial score (nSPS) is 27.1. The number of carbonyl (C=O) groups excluding carboxylic acids is 1. The molecule has 0 aliphatic carbocycles. The highest BCUT2D eigenvalue weighted by Crippen LogP contribution is 2.21. The van der Waals surface area contributed by atoms with Gasteiger partial charge in [0.1, 0.15) is 12.2 Å². The quantitative estimate of drug-likeness (QED) is 0.316. The van der Waals surface area contributed by atoms with Gasteiger partial charge < -0.3 is 35.1 Å². The van der Waals surface area contributed by atoms with Crippen molar-refractivity contribution in [2.24, 2.45) is 0 Å². The van der Waals surface area contributed by atoms with E-state index in [9.17, 15) is 15.0 Å². The third-order valence-corrected chi connectivity index (χ3v) is 2.62. The van der Waals surface area contributed by atoms with Crippen LogP contribution in [0.15, 0.2) is 0 Å². The fourth-order valence-electron chi connectivity index (χ4n) is 1.66. The summed E-state index contributed by atoms with van der Waals surface area (Å²) in [5.41, 5.74) is 0. The van der Waals surface area contributed by atoms with Gasteiger partial charge in [0.2, 0.25) is 5.91 Å². The van der Waals surface area contributed by atoms with E-state index in [1.165, 1.54) is 6.92 Å². The second kappa shape index (κ2) is 7.02. The first-order chi connectivity index (χ1) is 8.49. The summed E-state index contributed by atoms with van der Waals surface area (Å²) >= 11 is 0. The lowest BCUT2D eigenvalue weighted by molar-refractivity contribution is -0.118. The van der Waals surface area contributed by atoms with Gasteiger partial charge in [-0.05, 0) is 0 Å². The molecule has 0 aromatic heterocycles. The van der Waals surface area contributed by atoms with E-state index in [1.54, 1.807) is 0 Å². The second-order valence-corrected chi connectivity index (χ2v) is 4.06. The first-order valence-corrected chi connectivity index (χ1v) is 5.62. The van der Waals surface area contributed by atoms with Gasteiger partial charge >= 0.3 is 7.12 Å². The molecule has 0 saturated carbocycles. The average molecular weight is 263 g/mol. The van der Waals surface area contributed by atoms with Crippen molar-refractivity contribution in [2.75, 3.05) is 19.7 Å². The summed E-state index contributed by atoms with van der Waals surface area (Å²) in [6.45, 7) is 0.298. The molecule has 0 aromatic carbocycles. The van der Waals surface area contributed by atoms with E-state index in [0.717, 1.165) is 0 Å². The van der Waals surface area contributed by atoms with Gasteiger partial charge in [-0.15, -0.1) is 0 Å². The van der Waals surface area contributed by atoms with Gasteiger partial charge in [0.25, 0.3) is 0 Å². The molecular weight excluding hydrogens is 245 g/mol.